The van der Waals surface area contributed by atoms with Gasteiger partial charge in [0.2, 0.25) is 0 Å². The summed E-state index contributed by atoms with van der Waals surface area (Å²) in [6.45, 7) is 1.98. The Balaban J connectivity index is 2.38. The van der Waals surface area contributed by atoms with Gasteiger partial charge in [-0.25, -0.2) is 4.98 Å². The second-order valence-electron chi connectivity index (χ2n) is 3.62. The first-order valence-electron chi connectivity index (χ1n) is 5.09. The summed E-state index contributed by atoms with van der Waals surface area (Å²) in [6.07, 6.45) is 1.58. The van der Waals surface area contributed by atoms with Crippen LogP contribution in [0.15, 0.2) is 36.5 Å². The summed E-state index contributed by atoms with van der Waals surface area (Å²) in [4.78, 5) is 3.98. The van der Waals surface area contributed by atoms with E-state index in [2.05, 4.69) is 10.3 Å². The monoisotopic (exact) mass is 243 g/mol. The van der Waals surface area contributed by atoms with Gasteiger partial charge in [-0.2, -0.15) is 5.26 Å². The van der Waals surface area contributed by atoms with E-state index < -0.39 is 0 Å². The summed E-state index contributed by atoms with van der Waals surface area (Å²) in [5, 5.41) is 12.7. The first-order chi connectivity index (χ1) is 8.20. The van der Waals surface area contributed by atoms with Crippen molar-refractivity contribution in [2.75, 3.05) is 5.32 Å². The SMILES string of the molecule is Cc1ccc(Cl)c(Nc2cccnc2C#N)c1. The number of pyridine rings is 1. The van der Waals surface area contributed by atoms with Crippen LogP contribution in [0.1, 0.15) is 11.3 Å². The number of aryl methyl sites for hydroxylation is 1. The van der Waals surface area contributed by atoms with Gasteiger partial charge < -0.3 is 5.32 Å². The third-order valence-electron chi connectivity index (χ3n) is 2.30. The Bertz CT molecular complexity index is 587. The third kappa shape index (κ3) is 2.55. The molecule has 0 fully saturated rings. The zero-order valence-electron chi connectivity index (χ0n) is 9.24. The van der Waals surface area contributed by atoms with Gasteiger partial charge in [-0.3, -0.25) is 0 Å². The maximum absolute atomic E-state index is 8.93. The molecule has 17 heavy (non-hydrogen) atoms. The summed E-state index contributed by atoms with van der Waals surface area (Å²) >= 11 is 6.08. The van der Waals surface area contributed by atoms with Gasteiger partial charge >= 0.3 is 0 Å². The number of hydrogen-bond donors (Lipinski definition) is 1. The third-order valence-corrected chi connectivity index (χ3v) is 2.63. The van der Waals surface area contributed by atoms with E-state index in [-0.39, 0.29) is 0 Å². The van der Waals surface area contributed by atoms with Gasteiger partial charge in [-0.15, -0.1) is 0 Å². The molecule has 1 N–H and O–H groups in total. The largest absolute Gasteiger partial charge is 0.352 e. The molecule has 4 heteroatoms. The van der Waals surface area contributed by atoms with E-state index in [9.17, 15) is 0 Å². The van der Waals surface area contributed by atoms with Crippen LogP contribution in [0.2, 0.25) is 5.02 Å². The number of nitrogens with zero attached hydrogens (tertiary/aromatic N) is 2. The Labute approximate surface area is 105 Å². The fourth-order valence-electron chi connectivity index (χ4n) is 1.48. The summed E-state index contributed by atoms with van der Waals surface area (Å²) in [5.41, 5.74) is 2.88. The van der Waals surface area contributed by atoms with Crippen molar-refractivity contribution in [3.63, 3.8) is 0 Å². The van der Waals surface area contributed by atoms with Gasteiger partial charge in [0.1, 0.15) is 6.07 Å². The second kappa shape index (κ2) is 4.86. The van der Waals surface area contributed by atoms with Crippen LogP contribution in [0.4, 0.5) is 11.4 Å². The van der Waals surface area contributed by atoms with Crippen LogP contribution in [0, 0.1) is 18.3 Å². The topological polar surface area (TPSA) is 48.7 Å². The minimum absolute atomic E-state index is 0.352. The fraction of sp³-hybridized carbons (Fsp3) is 0.0769. The Kier molecular flexibility index (Phi) is 3.27. The lowest BCUT2D eigenvalue weighted by Crippen LogP contribution is -1.96. The molecule has 2 aromatic rings. The highest BCUT2D eigenvalue weighted by Gasteiger charge is 2.05. The van der Waals surface area contributed by atoms with Gasteiger partial charge in [0.05, 0.1) is 16.4 Å². The molecule has 0 aliphatic rings. The standard InChI is InChI=1S/C13H10ClN3/c1-9-4-5-10(14)12(7-9)17-11-3-2-6-16-13(11)8-15/h2-7,17H,1H3. The Morgan fingerprint density at radius 1 is 1.29 bits per heavy atom. The molecule has 0 amide bonds. The van der Waals surface area contributed by atoms with Crippen molar-refractivity contribution in [2.24, 2.45) is 0 Å². The summed E-state index contributed by atoms with van der Waals surface area (Å²) in [6, 6.07) is 11.3. The number of rotatable bonds is 2. The number of hydrogen-bond acceptors (Lipinski definition) is 3. The summed E-state index contributed by atoms with van der Waals surface area (Å²) in [5.74, 6) is 0. The van der Waals surface area contributed by atoms with Crippen molar-refractivity contribution < 1.29 is 0 Å². The molecule has 0 radical (unpaired) electrons. The Morgan fingerprint density at radius 2 is 2.12 bits per heavy atom. The van der Waals surface area contributed by atoms with E-state index >= 15 is 0 Å². The van der Waals surface area contributed by atoms with E-state index in [1.807, 2.05) is 31.2 Å². The van der Waals surface area contributed by atoms with Gasteiger partial charge in [0.25, 0.3) is 0 Å². The molecule has 1 heterocycles. The Hall–Kier alpha value is -2.05. The van der Waals surface area contributed by atoms with Crippen molar-refractivity contribution in [3.05, 3.63) is 52.8 Å². The maximum atomic E-state index is 8.93. The number of anilines is 2. The lowest BCUT2D eigenvalue weighted by atomic mass is 10.2. The molecule has 0 aliphatic carbocycles. The highest BCUT2D eigenvalue weighted by atomic mass is 35.5. The molecule has 3 nitrogen and oxygen atoms in total. The highest BCUT2D eigenvalue weighted by Crippen LogP contribution is 2.27. The molecule has 0 atom stereocenters. The van der Waals surface area contributed by atoms with E-state index in [0.717, 1.165) is 11.3 Å². The Morgan fingerprint density at radius 3 is 2.88 bits per heavy atom. The number of halogens is 1. The van der Waals surface area contributed by atoms with Gasteiger partial charge in [-0.05, 0) is 36.8 Å². The molecule has 0 aliphatic heterocycles. The quantitative estimate of drug-likeness (QED) is 0.876. The normalized spacial score (nSPS) is 9.71. The predicted molar refractivity (Wildman–Crippen MR) is 68.4 cm³/mol. The van der Waals surface area contributed by atoms with Crippen LogP contribution in [0.3, 0.4) is 0 Å². The number of nitriles is 1. The number of aromatic nitrogens is 1. The molecule has 0 saturated heterocycles. The van der Waals surface area contributed by atoms with Gasteiger partial charge in [0, 0.05) is 6.20 Å². The summed E-state index contributed by atoms with van der Waals surface area (Å²) in [7, 11) is 0. The van der Waals surface area contributed by atoms with Crippen molar-refractivity contribution in [1.29, 1.82) is 5.26 Å². The smallest absolute Gasteiger partial charge is 0.163 e. The second-order valence-corrected chi connectivity index (χ2v) is 4.03. The number of nitrogens with one attached hydrogen (secondary N) is 1. The number of benzene rings is 1. The minimum Gasteiger partial charge on any atom is -0.352 e. The van der Waals surface area contributed by atoms with E-state index in [1.54, 1.807) is 18.3 Å². The van der Waals surface area contributed by atoms with Crippen LogP contribution >= 0.6 is 11.6 Å². The van der Waals surface area contributed by atoms with Crippen LogP contribution in [0.25, 0.3) is 0 Å². The average molecular weight is 244 g/mol. The predicted octanol–water partition coefficient (Wildman–Crippen LogP) is 3.66. The molecule has 0 unspecified atom stereocenters. The van der Waals surface area contributed by atoms with Gasteiger partial charge in [-0.1, -0.05) is 17.7 Å². The zero-order valence-corrected chi connectivity index (χ0v) is 9.99. The molecule has 0 spiro atoms. The van der Waals surface area contributed by atoms with Crippen molar-refractivity contribution in [1.82, 2.24) is 4.98 Å². The van der Waals surface area contributed by atoms with Crippen LogP contribution in [0.5, 0.6) is 0 Å². The fourth-order valence-corrected chi connectivity index (χ4v) is 1.64. The zero-order chi connectivity index (χ0) is 12.3. The summed E-state index contributed by atoms with van der Waals surface area (Å²) < 4.78 is 0. The molecule has 2 rings (SSSR count). The first kappa shape index (κ1) is 11.4. The van der Waals surface area contributed by atoms with Crippen LogP contribution < -0.4 is 5.32 Å². The van der Waals surface area contributed by atoms with E-state index in [1.165, 1.54) is 0 Å². The van der Waals surface area contributed by atoms with Crippen molar-refractivity contribution in [3.8, 4) is 6.07 Å². The average Bonchev–Trinajstić information content (AvgIpc) is 2.34. The van der Waals surface area contributed by atoms with Crippen molar-refractivity contribution >= 4 is 23.0 Å². The minimum atomic E-state index is 0.352. The molecule has 1 aromatic carbocycles. The van der Waals surface area contributed by atoms with Crippen molar-refractivity contribution in [2.45, 2.75) is 6.92 Å². The van der Waals surface area contributed by atoms with Crippen LogP contribution in [-0.4, -0.2) is 4.98 Å². The maximum Gasteiger partial charge on any atom is 0.163 e. The van der Waals surface area contributed by atoms with Gasteiger partial charge in [0.15, 0.2) is 5.69 Å². The molecule has 1 aromatic heterocycles. The van der Waals surface area contributed by atoms with Crippen LogP contribution in [-0.2, 0) is 0 Å². The van der Waals surface area contributed by atoms with E-state index in [4.69, 9.17) is 16.9 Å². The molecule has 0 saturated carbocycles. The molecule has 0 bridgehead atoms. The lowest BCUT2D eigenvalue weighted by molar-refractivity contribution is 1.26. The molecule has 84 valence electrons. The molecular weight excluding hydrogens is 234 g/mol. The highest BCUT2D eigenvalue weighted by molar-refractivity contribution is 6.33. The first-order valence-corrected chi connectivity index (χ1v) is 5.47. The molecular formula is C13H10ClN3. The van der Waals surface area contributed by atoms with E-state index in [0.29, 0.717) is 16.4 Å². The lowest BCUT2D eigenvalue weighted by Gasteiger charge is -2.09.